The third-order valence-corrected chi connectivity index (χ3v) is 3.04. The number of carbonyl (C=O) groups excluding carboxylic acids is 1. The van der Waals surface area contributed by atoms with E-state index in [1.54, 1.807) is 0 Å². The van der Waals surface area contributed by atoms with Crippen LogP contribution in [0.3, 0.4) is 0 Å². The molecular formula is C13H23N3O. The Labute approximate surface area is 103 Å². The van der Waals surface area contributed by atoms with E-state index in [9.17, 15) is 4.79 Å². The summed E-state index contributed by atoms with van der Waals surface area (Å²) in [7, 11) is 1.96. The summed E-state index contributed by atoms with van der Waals surface area (Å²) in [4.78, 5) is 11.7. The summed E-state index contributed by atoms with van der Waals surface area (Å²) in [5.74, 6) is 0.00799. The van der Waals surface area contributed by atoms with Gasteiger partial charge in [0.1, 0.15) is 0 Å². The van der Waals surface area contributed by atoms with E-state index >= 15 is 0 Å². The Morgan fingerprint density at radius 3 is 2.65 bits per heavy atom. The molecular weight excluding hydrogens is 214 g/mol. The molecule has 96 valence electrons. The van der Waals surface area contributed by atoms with Gasteiger partial charge in [-0.05, 0) is 17.5 Å². The first kappa shape index (κ1) is 13.8. The number of hydrogen-bond acceptors (Lipinski definition) is 2. The Hall–Kier alpha value is -1.29. The lowest BCUT2D eigenvalue weighted by Crippen LogP contribution is -2.40. The van der Waals surface area contributed by atoms with Crippen LogP contribution < -0.4 is 11.1 Å². The number of aromatic nitrogens is 1. The van der Waals surface area contributed by atoms with Crippen molar-refractivity contribution in [2.75, 3.05) is 0 Å². The number of carbonyl (C=O) groups is 1. The van der Waals surface area contributed by atoms with Gasteiger partial charge < -0.3 is 15.6 Å². The van der Waals surface area contributed by atoms with Crippen LogP contribution in [0, 0.1) is 5.41 Å². The Morgan fingerprint density at radius 2 is 2.18 bits per heavy atom. The van der Waals surface area contributed by atoms with Gasteiger partial charge in [0.05, 0.1) is 6.54 Å². The zero-order valence-electron chi connectivity index (χ0n) is 11.2. The molecule has 1 aromatic rings. The molecule has 1 atom stereocenters. The molecule has 0 aliphatic rings. The molecule has 0 bridgehead atoms. The molecule has 1 amide bonds. The van der Waals surface area contributed by atoms with Crippen LogP contribution in [0.15, 0.2) is 18.3 Å². The third-order valence-electron chi connectivity index (χ3n) is 3.04. The number of amides is 1. The van der Waals surface area contributed by atoms with Crippen molar-refractivity contribution in [2.24, 2.45) is 18.2 Å². The van der Waals surface area contributed by atoms with Gasteiger partial charge in [-0.2, -0.15) is 0 Å². The number of nitrogens with zero attached hydrogens (tertiary/aromatic N) is 1. The van der Waals surface area contributed by atoms with E-state index in [1.165, 1.54) is 0 Å². The number of nitrogens with one attached hydrogen (secondary N) is 1. The van der Waals surface area contributed by atoms with Gasteiger partial charge in [0.15, 0.2) is 0 Å². The molecule has 0 saturated carbocycles. The van der Waals surface area contributed by atoms with E-state index in [0.29, 0.717) is 13.0 Å². The van der Waals surface area contributed by atoms with Crippen molar-refractivity contribution in [3.8, 4) is 0 Å². The van der Waals surface area contributed by atoms with Crippen LogP contribution in [0.25, 0.3) is 0 Å². The van der Waals surface area contributed by atoms with Crippen LogP contribution >= 0.6 is 0 Å². The smallest absolute Gasteiger partial charge is 0.221 e. The van der Waals surface area contributed by atoms with Crippen LogP contribution in [0.1, 0.15) is 32.9 Å². The second kappa shape index (κ2) is 5.36. The fourth-order valence-electron chi connectivity index (χ4n) is 1.45. The molecule has 0 aliphatic carbocycles. The molecule has 0 aromatic carbocycles. The van der Waals surface area contributed by atoms with Gasteiger partial charge in [0.25, 0.3) is 0 Å². The Morgan fingerprint density at radius 1 is 1.53 bits per heavy atom. The Bertz CT molecular complexity index is 376. The van der Waals surface area contributed by atoms with Gasteiger partial charge in [-0.15, -0.1) is 0 Å². The molecule has 0 fully saturated rings. The highest BCUT2D eigenvalue weighted by atomic mass is 16.1. The van der Waals surface area contributed by atoms with Gasteiger partial charge in [0.2, 0.25) is 5.91 Å². The fraction of sp³-hybridized carbons (Fsp3) is 0.615. The highest BCUT2D eigenvalue weighted by Gasteiger charge is 2.22. The summed E-state index contributed by atoms with van der Waals surface area (Å²) in [6.07, 6.45) is 2.33. The maximum absolute atomic E-state index is 11.7. The Balaban J connectivity index is 2.39. The molecule has 0 radical (unpaired) electrons. The number of nitrogens with two attached hydrogens (primary N) is 1. The summed E-state index contributed by atoms with van der Waals surface area (Å²) in [5.41, 5.74) is 7.01. The zero-order valence-corrected chi connectivity index (χ0v) is 11.2. The van der Waals surface area contributed by atoms with Gasteiger partial charge in [-0.1, -0.05) is 20.8 Å². The minimum Gasteiger partial charge on any atom is -0.353 e. The average Bonchev–Trinajstić information content (AvgIpc) is 2.59. The molecule has 1 rings (SSSR count). The van der Waals surface area contributed by atoms with E-state index in [1.807, 2.05) is 50.7 Å². The van der Waals surface area contributed by atoms with E-state index in [0.717, 1.165) is 5.69 Å². The summed E-state index contributed by atoms with van der Waals surface area (Å²) < 4.78 is 1.99. The van der Waals surface area contributed by atoms with Crippen molar-refractivity contribution in [1.82, 2.24) is 9.88 Å². The molecule has 0 aliphatic heterocycles. The lowest BCUT2D eigenvalue weighted by Gasteiger charge is -2.26. The summed E-state index contributed by atoms with van der Waals surface area (Å²) >= 11 is 0. The van der Waals surface area contributed by atoms with Crippen LogP contribution in [-0.2, 0) is 18.4 Å². The second-order valence-corrected chi connectivity index (χ2v) is 5.56. The quantitative estimate of drug-likeness (QED) is 0.831. The number of aryl methyl sites for hydroxylation is 1. The van der Waals surface area contributed by atoms with Gasteiger partial charge in [-0.3, -0.25) is 4.79 Å². The minimum atomic E-state index is -0.115. The molecule has 1 unspecified atom stereocenters. The Kier molecular flexibility index (Phi) is 4.34. The molecule has 17 heavy (non-hydrogen) atoms. The van der Waals surface area contributed by atoms with E-state index < -0.39 is 0 Å². The van der Waals surface area contributed by atoms with Crippen molar-refractivity contribution < 1.29 is 4.79 Å². The minimum absolute atomic E-state index is 0.00799. The highest BCUT2D eigenvalue weighted by Crippen LogP contribution is 2.19. The maximum Gasteiger partial charge on any atom is 0.221 e. The van der Waals surface area contributed by atoms with Gasteiger partial charge in [0, 0.05) is 31.4 Å². The van der Waals surface area contributed by atoms with E-state index in [2.05, 4.69) is 5.32 Å². The largest absolute Gasteiger partial charge is 0.353 e. The van der Waals surface area contributed by atoms with Crippen LogP contribution in [0.5, 0.6) is 0 Å². The molecule has 1 heterocycles. The fourth-order valence-corrected chi connectivity index (χ4v) is 1.45. The summed E-state index contributed by atoms with van der Waals surface area (Å²) in [5, 5.41) is 2.89. The predicted octanol–water partition coefficient (Wildman–Crippen LogP) is 1.40. The van der Waals surface area contributed by atoms with Crippen LogP contribution in [0.2, 0.25) is 0 Å². The molecule has 0 saturated heterocycles. The zero-order chi connectivity index (χ0) is 13.1. The third kappa shape index (κ3) is 4.23. The van der Waals surface area contributed by atoms with Gasteiger partial charge in [-0.25, -0.2) is 0 Å². The van der Waals surface area contributed by atoms with Crippen LogP contribution in [-0.4, -0.2) is 16.5 Å². The standard InChI is InChI=1S/C13H23N3O/c1-13(2,3)11(14)8-12(17)15-9-10-6-5-7-16(10)4/h5-7,11H,8-9,14H2,1-4H3,(H,15,17). The van der Waals surface area contributed by atoms with Crippen molar-refractivity contribution in [3.05, 3.63) is 24.0 Å². The highest BCUT2D eigenvalue weighted by molar-refractivity contribution is 5.76. The van der Waals surface area contributed by atoms with Crippen molar-refractivity contribution in [3.63, 3.8) is 0 Å². The molecule has 0 spiro atoms. The molecule has 4 nitrogen and oxygen atoms in total. The van der Waals surface area contributed by atoms with Gasteiger partial charge >= 0.3 is 0 Å². The lowest BCUT2D eigenvalue weighted by molar-refractivity contribution is -0.122. The first-order chi connectivity index (χ1) is 7.80. The predicted molar refractivity (Wildman–Crippen MR) is 69.3 cm³/mol. The lowest BCUT2D eigenvalue weighted by atomic mass is 9.85. The SMILES string of the molecule is Cn1cccc1CNC(=O)CC(N)C(C)(C)C. The first-order valence-electron chi connectivity index (χ1n) is 5.93. The second-order valence-electron chi connectivity index (χ2n) is 5.56. The van der Waals surface area contributed by atoms with E-state index in [4.69, 9.17) is 5.73 Å². The maximum atomic E-state index is 11.7. The van der Waals surface area contributed by atoms with Crippen molar-refractivity contribution >= 4 is 5.91 Å². The van der Waals surface area contributed by atoms with Crippen LogP contribution in [0.4, 0.5) is 0 Å². The molecule has 4 heteroatoms. The normalized spacial score (nSPS) is 13.5. The summed E-state index contributed by atoms with van der Waals surface area (Å²) in [6.45, 7) is 6.69. The molecule has 3 N–H and O–H groups in total. The topological polar surface area (TPSA) is 60.0 Å². The summed E-state index contributed by atoms with van der Waals surface area (Å²) in [6, 6.07) is 3.84. The molecule has 1 aromatic heterocycles. The number of rotatable bonds is 4. The average molecular weight is 237 g/mol. The van der Waals surface area contributed by atoms with E-state index in [-0.39, 0.29) is 17.4 Å². The van der Waals surface area contributed by atoms with Crippen molar-refractivity contribution in [1.29, 1.82) is 0 Å². The monoisotopic (exact) mass is 237 g/mol. The first-order valence-corrected chi connectivity index (χ1v) is 5.93. The van der Waals surface area contributed by atoms with Crippen molar-refractivity contribution in [2.45, 2.75) is 39.8 Å². The number of hydrogen-bond donors (Lipinski definition) is 2.